The Balaban J connectivity index is 2.36. The van der Waals surface area contributed by atoms with Gasteiger partial charge in [0.25, 0.3) is 0 Å². The number of aliphatic hydroxyl groups is 1. The van der Waals surface area contributed by atoms with Crippen molar-refractivity contribution in [2.45, 2.75) is 38.6 Å². The van der Waals surface area contributed by atoms with E-state index in [4.69, 9.17) is 9.52 Å². The van der Waals surface area contributed by atoms with Crippen molar-refractivity contribution in [1.82, 2.24) is 5.32 Å². The smallest absolute Gasteiger partial charge is 0.220 e. The zero-order chi connectivity index (χ0) is 11.8. The predicted molar refractivity (Wildman–Crippen MR) is 60.8 cm³/mol. The Labute approximate surface area is 95.7 Å². The SMILES string of the molecule is CCCCCC(=O)NC(CO)c1ccco1. The van der Waals surface area contributed by atoms with Gasteiger partial charge in [-0.05, 0) is 18.6 Å². The van der Waals surface area contributed by atoms with E-state index >= 15 is 0 Å². The third kappa shape index (κ3) is 4.06. The third-order valence-corrected chi connectivity index (χ3v) is 2.41. The first-order chi connectivity index (χ1) is 7.77. The molecule has 0 spiro atoms. The second-order valence-corrected chi connectivity index (χ2v) is 3.78. The van der Waals surface area contributed by atoms with Crippen molar-refractivity contribution >= 4 is 5.91 Å². The fourth-order valence-corrected chi connectivity index (χ4v) is 1.50. The minimum absolute atomic E-state index is 0.0381. The number of hydrogen-bond acceptors (Lipinski definition) is 3. The average Bonchev–Trinajstić information content (AvgIpc) is 2.79. The summed E-state index contributed by atoms with van der Waals surface area (Å²) in [5.41, 5.74) is 0. The molecule has 1 unspecified atom stereocenters. The molecule has 0 fully saturated rings. The van der Waals surface area contributed by atoms with Crippen LogP contribution in [0.4, 0.5) is 0 Å². The summed E-state index contributed by atoms with van der Waals surface area (Å²) in [5.74, 6) is 0.551. The summed E-state index contributed by atoms with van der Waals surface area (Å²) in [6, 6.07) is 3.05. The van der Waals surface area contributed by atoms with E-state index in [-0.39, 0.29) is 12.5 Å². The maximum atomic E-state index is 11.5. The first-order valence-corrected chi connectivity index (χ1v) is 5.71. The highest BCUT2D eigenvalue weighted by atomic mass is 16.3. The minimum atomic E-state index is -0.427. The second-order valence-electron chi connectivity index (χ2n) is 3.78. The van der Waals surface area contributed by atoms with Crippen LogP contribution in [-0.2, 0) is 4.79 Å². The Hall–Kier alpha value is -1.29. The zero-order valence-electron chi connectivity index (χ0n) is 9.61. The summed E-state index contributed by atoms with van der Waals surface area (Å²) < 4.78 is 5.14. The van der Waals surface area contributed by atoms with Crippen molar-refractivity contribution in [3.63, 3.8) is 0 Å². The topological polar surface area (TPSA) is 62.5 Å². The van der Waals surface area contributed by atoms with Crippen molar-refractivity contribution < 1.29 is 14.3 Å². The summed E-state index contributed by atoms with van der Waals surface area (Å²) in [6.45, 7) is 1.95. The molecule has 4 heteroatoms. The minimum Gasteiger partial charge on any atom is -0.467 e. The van der Waals surface area contributed by atoms with Gasteiger partial charge >= 0.3 is 0 Å². The van der Waals surface area contributed by atoms with E-state index < -0.39 is 6.04 Å². The van der Waals surface area contributed by atoms with Gasteiger partial charge in [0.05, 0.1) is 12.9 Å². The lowest BCUT2D eigenvalue weighted by Gasteiger charge is -2.13. The molecule has 1 aromatic rings. The maximum Gasteiger partial charge on any atom is 0.220 e. The Bertz CT molecular complexity index is 295. The number of unbranched alkanes of at least 4 members (excludes halogenated alkanes) is 2. The monoisotopic (exact) mass is 225 g/mol. The van der Waals surface area contributed by atoms with Gasteiger partial charge in [0.15, 0.2) is 0 Å². The molecule has 0 radical (unpaired) electrons. The van der Waals surface area contributed by atoms with Crippen molar-refractivity contribution in [1.29, 1.82) is 0 Å². The highest BCUT2D eigenvalue weighted by Gasteiger charge is 2.15. The van der Waals surface area contributed by atoms with Crippen LogP contribution >= 0.6 is 0 Å². The molecule has 1 heterocycles. The summed E-state index contributed by atoms with van der Waals surface area (Å²) >= 11 is 0. The number of aliphatic hydroxyl groups excluding tert-OH is 1. The Morgan fingerprint density at radius 2 is 2.38 bits per heavy atom. The summed E-state index contributed by atoms with van der Waals surface area (Å²) in [7, 11) is 0. The largest absolute Gasteiger partial charge is 0.467 e. The van der Waals surface area contributed by atoms with Crippen LogP contribution in [0.1, 0.15) is 44.4 Å². The number of carbonyl (C=O) groups is 1. The van der Waals surface area contributed by atoms with E-state index in [0.29, 0.717) is 12.2 Å². The summed E-state index contributed by atoms with van der Waals surface area (Å²) in [6.07, 6.45) is 5.07. The van der Waals surface area contributed by atoms with Crippen LogP contribution in [-0.4, -0.2) is 17.6 Å². The van der Waals surface area contributed by atoms with Crippen molar-refractivity contribution in [2.75, 3.05) is 6.61 Å². The molecular weight excluding hydrogens is 206 g/mol. The van der Waals surface area contributed by atoms with Gasteiger partial charge < -0.3 is 14.8 Å². The quantitative estimate of drug-likeness (QED) is 0.698. The van der Waals surface area contributed by atoms with Crippen molar-refractivity contribution in [3.8, 4) is 0 Å². The molecular formula is C12H19NO3. The normalized spacial score (nSPS) is 12.4. The van der Waals surface area contributed by atoms with Gasteiger partial charge in [-0.2, -0.15) is 0 Å². The molecule has 1 atom stereocenters. The van der Waals surface area contributed by atoms with Crippen LogP contribution in [0.2, 0.25) is 0 Å². The average molecular weight is 225 g/mol. The number of hydrogen-bond donors (Lipinski definition) is 2. The molecule has 0 aliphatic heterocycles. The molecule has 0 saturated carbocycles. The highest BCUT2D eigenvalue weighted by Crippen LogP contribution is 2.13. The van der Waals surface area contributed by atoms with Crippen LogP contribution in [0.15, 0.2) is 22.8 Å². The van der Waals surface area contributed by atoms with Gasteiger partial charge in [-0.25, -0.2) is 0 Å². The second kappa shape index (κ2) is 7.06. The molecule has 1 rings (SSSR count). The predicted octanol–water partition coefficient (Wildman–Crippen LogP) is 2.01. The van der Waals surface area contributed by atoms with E-state index in [1.165, 1.54) is 6.26 Å². The van der Waals surface area contributed by atoms with Gasteiger partial charge in [0, 0.05) is 6.42 Å². The van der Waals surface area contributed by atoms with E-state index in [0.717, 1.165) is 19.3 Å². The van der Waals surface area contributed by atoms with Gasteiger partial charge in [-0.3, -0.25) is 4.79 Å². The van der Waals surface area contributed by atoms with Crippen LogP contribution in [0, 0.1) is 0 Å². The van der Waals surface area contributed by atoms with Crippen LogP contribution in [0.25, 0.3) is 0 Å². The third-order valence-electron chi connectivity index (χ3n) is 2.41. The van der Waals surface area contributed by atoms with E-state index in [1.54, 1.807) is 12.1 Å². The van der Waals surface area contributed by atoms with E-state index in [9.17, 15) is 4.79 Å². The molecule has 0 aromatic carbocycles. The first-order valence-electron chi connectivity index (χ1n) is 5.71. The fourth-order valence-electron chi connectivity index (χ4n) is 1.50. The number of nitrogens with one attached hydrogen (secondary N) is 1. The Morgan fingerprint density at radius 3 is 2.94 bits per heavy atom. The molecule has 2 N–H and O–H groups in total. The Morgan fingerprint density at radius 1 is 1.56 bits per heavy atom. The fraction of sp³-hybridized carbons (Fsp3) is 0.583. The first kappa shape index (κ1) is 12.8. The van der Waals surface area contributed by atoms with E-state index in [2.05, 4.69) is 12.2 Å². The summed E-state index contributed by atoms with van der Waals surface area (Å²) in [5, 5.41) is 11.9. The number of carbonyl (C=O) groups excluding carboxylic acids is 1. The molecule has 0 saturated heterocycles. The van der Waals surface area contributed by atoms with Gasteiger partial charge in [-0.1, -0.05) is 19.8 Å². The van der Waals surface area contributed by atoms with Crippen LogP contribution < -0.4 is 5.32 Å². The molecule has 1 aromatic heterocycles. The number of amides is 1. The van der Waals surface area contributed by atoms with Crippen molar-refractivity contribution in [2.24, 2.45) is 0 Å². The van der Waals surface area contributed by atoms with E-state index in [1.807, 2.05) is 0 Å². The zero-order valence-corrected chi connectivity index (χ0v) is 9.61. The molecule has 90 valence electrons. The molecule has 0 bridgehead atoms. The van der Waals surface area contributed by atoms with Crippen LogP contribution in [0.3, 0.4) is 0 Å². The molecule has 1 amide bonds. The van der Waals surface area contributed by atoms with Crippen LogP contribution in [0.5, 0.6) is 0 Å². The highest BCUT2D eigenvalue weighted by molar-refractivity contribution is 5.76. The lowest BCUT2D eigenvalue weighted by Crippen LogP contribution is -2.30. The van der Waals surface area contributed by atoms with Crippen molar-refractivity contribution in [3.05, 3.63) is 24.2 Å². The molecule has 0 aliphatic rings. The maximum absolute atomic E-state index is 11.5. The van der Waals surface area contributed by atoms with Gasteiger partial charge in [-0.15, -0.1) is 0 Å². The lowest BCUT2D eigenvalue weighted by atomic mass is 10.2. The molecule has 4 nitrogen and oxygen atoms in total. The van der Waals surface area contributed by atoms with Gasteiger partial charge in [0.1, 0.15) is 11.8 Å². The Kier molecular flexibility index (Phi) is 5.64. The standard InChI is InChI=1S/C12H19NO3/c1-2-3-4-7-12(15)13-10(9-14)11-6-5-8-16-11/h5-6,8,10,14H,2-4,7,9H2,1H3,(H,13,15). The summed E-state index contributed by atoms with van der Waals surface area (Å²) in [4.78, 5) is 11.5. The molecule has 0 aliphatic carbocycles. The number of rotatable bonds is 7. The lowest BCUT2D eigenvalue weighted by molar-refractivity contribution is -0.122. The molecule has 16 heavy (non-hydrogen) atoms. The number of furan rings is 1. The van der Waals surface area contributed by atoms with Gasteiger partial charge in [0.2, 0.25) is 5.91 Å².